The molecule has 6 heterocycles. The molecule has 4 amide bonds. The highest BCUT2D eigenvalue weighted by atomic mass is 32.2. The zero-order chi connectivity index (χ0) is 53.8. The SMILES string of the molecule is O=C(CN1/C(=C/C=C/C=C/c2oc3cc4c(cc3[n+]2CC(=O)ON2C(=O)CCC2=O)oc2c(S(=O)(=O)O)cc(S(=O)(=O)O)cc24)Oc2cc3c(cc21)oc1c(S(=O)(=O)O)cc(S(=O)(=O)O)cc13)ON1C(=O)CCC1=O. The maximum absolute atomic E-state index is 13.3. The fraction of sp³-hybridized carbons (Fsp3) is 0.140. The van der Waals surface area contributed by atoms with Gasteiger partial charge in [-0.3, -0.25) is 42.3 Å². The van der Waals surface area contributed by atoms with Crippen molar-refractivity contribution < 1.29 is 113 Å². The summed E-state index contributed by atoms with van der Waals surface area (Å²) in [4.78, 5) is 83.1. The van der Waals surface area contributed by atoms with Gasteiger partial charge in [-0.05, 0) is 42.5 Å². The molecule has 0 unspecified atom stereocenters. The lowest BCUT2D eigenvalue weighted by Gasteiger charge is -2.19. The van der Waals surface area contributed by atoms with Gasteiger partial charge in [0.25, 0.3) is 76.2 Å². The Morgan fingerprint density at radius 2 is 1.08 bits per heavy atom. The van der Waals surface area contributed by atoms with E-state index >= 15 is 0 Å². The van der Waals surface area contributed by atoms with Crippen LogP contribution in [0.1, 0.15) is 31.6 Å². The zero-order valence-electron chi connectivity index (χ0n) is 37.1. The van der Waals surface area contributed by atoms with Crippen LogP contribution in [0.5, 0.6) is 5.75 Å². The highest BCUT2D eigenvalue weighted by molar-refractivity contribution is 7.87. The number of hydrogen-bond donors (Lipinski definition) is 4. The van der Waals surface area contributed by atoms with Crippen LogP contribution < -0.4 is 14.2 Å². The first-order valence-corrected chi connectivity index (χ1v) is 26.8. The molecule has 0 saturated carbocycles. The second-order valence-electron chi connectivity index (χ2n) is 16.4. The molecule has 7 aromatic rings. The van der Waals surface area contributed by atoms with E-state index < -0.39 is 120 Å². The van der Waals surface area contributed by atoms with Crippen LogP contribution in [0.15, 0.2) is 112 Å². The Bertz CT molecular complexity index is 4340. The average molecular weight is 1110 g/mol. The minimum atomic E-state index is -5.17. The molecule has 3 aliphatic heterocycles. The van der Waals surface area contributed by atoms with Crippen molar-refractivity contribution in [1.82, 2.24) is 10.1 Å². The van der Waals surface area contributed by atoms with Crippen molar-refractivity contribution >= 4 is 143 Å². The quantitative estimate of drug-likeness (QED) is 0.0558. The molecular weight excluding hydrogens is 1080 g/mol. The molecule has 2 fully saturated rings. The number of aromatic nitrogens is 1. The number of carbonyl (C=O) groups excluding carboxylic acids is 6. The Morgan fingerprint density at radius 3 is 1.60 bits per heavy atom. The summed E-state index contributed by atoms with van der Waals surface area (Å²) in [5.41, 5.74) is -1.34. The molecule has 4 aromatic carbocycles. The predicted molar refractivity (Wildman–Crippen MR) is 245 cm³/mol. The molecular formula is C43H29N4O24S4+. The first-order chi connectivity index (χ1) is 35.1. The molecule has 28 nitrogen and oxygen atoms in total. The van der Waals surface area contributed by atoms with Gasteiger partial charge in [0.05, 0.1) is 27.6 Å². The molecule has 0 aliphatic carbocycles. The van der Waals surface area contributed by atoms with Crippen LogP contribution >= 0.6 is 0 Å². The standard InChI is InChI=1S/C43H28N4O24S4/c48-34-6-7-35(49)46(34)70-40(52)18-44-26-16-28-22(24-10-20(72(54,55)56)12-32(42(24)68-28)74(60,61)62)14-30(26)66-38(44)4-2-1-3-5-39-45(19-41(53)71-47-36(50)8-9-37(47)51)27-17-29-23(15-31(27)67-39)25-11-21(73(57,58)59)13-33(43(25)69-29)75(63,64)65/h1-5,10-17H,6-9,18-19H2,(H3-,54,55,56,57,58,59,60,61,62,63,64,65)/p+1. The zero-order valence-corrected chi connectivity index (χ0v) is 40.4. The van der Waals surface area contributed by atoms with Gasteiger partial charge in [-0.15, -0.1) is 14.7 Å². The first kappa shape index (κ1) is 50.2. The number of oxazole rings is 1. The number of amides is 4. The van der Waals surface area contributed by atoms with Crippen molar-refractivity contribution in [2.24, 2.45) is 0 Å². The van der Waals surface area contributed by atoms with Crippen molar-refractivity contribution in [3.63, 3.8) is 0 Å². The van der Waals surface area contributed by atoms with Crippen LogP contribution in [0.4, 0.5) is 5.69 Å². The maximum atomic E-state index is 13.3. The molecule has 0 spiro atoms. The molecule has 4 N–H and O–H groups in total. The summed E-state index contributed by atoms with van der Waals surface area (Å²) in [5, 5.41) is 0.175. The average Bonchev–Trinajstić information content (AvgIpc) is 4.16. The van der Waals surface area contributed by atoms with Crippen molar-refractivity contribution in [1.29, 1.82) is 0 Å². The first-order valence-electron chi connectivity index (χ1n) is 21.1. The number of imide groups is 2. The molecule has 10 rings (SSSR count). The monoisotopic (exact) mass is 1110 g/mol. The van der Waals surface area contributed by atoms with Crippen molar-refractivity contribution in [2.75, 3.05) is 11.4 Å². The lowest BCUT2D eigenvalue weighted by molar-refractivity contribution is -0.667. The van der Waals surface area contributed by atoms with Gasteiger partial charge in [0.2, 0.25) is 11.5 Å². The Hall–Kier alpha value is -8.37. The van der Waals surface area contributed by atoms with E-state index in [1.54, 1.807) is 0 Å². The summed E-state index contributed by atoms with van der Waals surface area (Å²) in [5.74, 6) is -5.79. The molecule has 3 aromatic heterocycles. The van der Waals surface area contributed by atoms with E-state index in [1.165, 1.54) is 64.1 Å². The van der Waals surface area contributed by atoms with E-state index in [9.17, 15) is 80.6 Å². The predicted octanol–water partition coefficient (Wildman–Crippen LogP) is 3.03. The fourth-order valence-electron chi connectivity index (χ4n) is 8.26. The van der Waals surface area contributed by atoms with Crippen LogP contribution in [0.25, 0.3) is 61.1 Å². The van der Waals surface area contributed by atoms with Crippen molar-refractivity contribution in [2.45, 2.75) is 51.8 Å². The number of rotatable bonds is 13. The third kappa shape index (κ3) is 9.23. The number of allylic oxidation sites excluding steroid dienone is 4. The number of anilines is 1. The lowest BCUT2D eigenvalue weighted by atomic mass is 10.1. The Balaban J connectivity index is 1.03. The maximum Gasteiger partial charge on any atom is 0.398 e. The minimum absolute atomic E-state index is 0.00280. The van der Waals surface area contributed by atoms with Gasteiger partial charge in [-0.2, -0.15) is 33.7 Å². The number of hydrogen-bond acceptors (Lipinski definition) is 21. The van der Waals surface area contributed by atoms with E-state index in [1.807, 2.05) is 0 Å². The number of furan rings is 2. The smallest absolute Gasteiger partial charge is 0.398 e. The largest absolute Gasteiger partial charge is 0.455 e. The van der Waals surface area contributed by atoms with E-state index in [0.29, 0.717) is 22.3 Å². The van der Waals surface area contributed by atoms with Crippen LogP contribution in [0.2, 0.25) is 0 Å². The van der Waals surface area contributed by atoms with Crippen LogP contribution in [0, 0.1) is 0 Å². The van der Waals surface area contributed by atoms with Crippen LogP contribution in [-0.2, 0) is 85.5 Å². The third-order valence-electron chi connectivity index (χ3n) is 11.5. The number of nitrogens with zero attached hydrogens (tertiary/aromatic N) is 4. The van der Waals surface area contributed by atoms with Crippen LogP contribution in [-0.4, -0.2) is 104 Å². The molecule has 3 aliphatic rings. The lowest BCUT2D eigenvalue weighted by Crippen LogP contribution is -2.43. The normalized spacial score (nSPS) is 16.5. The van der Waals surface area contributed by atoms with Gasteiger partial charge in [0.1, 0.15) is 27.5 Å². The number of ether oxygens (including phenoxy) is 1. The summed E-state index contributed by atoms with van der Waals surface area (Å²) in [6.07, 6.45) is 5.80. The number of fused-ring (bicyclic) bond motifs is 8. The number of hydroxylamine groups is 4. The molecule has 0 bridgehead atoms. The van der Waals surface area contributed by atoms with Crippen molar-refractivity contribution in [3.05, 3.63) is 84.6 Å². The van der Waals surface area contributed by atoms with Gasteiger partial charge in [-0.1, -0.05) is 18.2 Å². The summed E-state index contributed by atoms with van der Waals surface area (Å²) < 4.78 is 162. The highest BCUT2D eigenvalue weighted by Gasteiger charge is 2.38. The minimum Gasteiger partial charge on any atom is -0.455 e. The van der Waals surface area contributed by atoms with E-state index in [2.05, 4.69) is 0 Å². The molecule has 75 heavy (non-hydrogen) atoms. The Labute approximate surface area is 417 Å². The summed E-state index contributed by atoms with van der Waals surface area (Å²) in [7, 11) is -20.4. The van der Waals surface area contributed by atoms with Gasteiger partial charge < -0.3 is 27.7 Å². The molecule has 32 heteroatoms. The highest BCUT2D eigenvalue weighted by Crippen LogP contribution is 2.46. The summed E-state index contributed by atoms with van der Waals surface area (Å²) in [6.45, 7) is -1.52. The fourth-order valence-corrected chi connectivity index (χ4v) is 10.8. The van der Waals surface area contributed by atoms with Crippen molar-refractivity contribution in [3.8, 4) is 5.75 Å². The molecule has 0 radical (unpaired) electrons. The second kappa shape index (κ2) is 17.6. The molecule has 2 saturated heterocycles. The topological polar surface area (TPSA) is 401 Å². The van der Waals surface area contributed by atoms with Crippen LogP contribution in [0.3, 0.4) is 0 Å². The van der Waals surface area contributed by atoms with E-state index in [0.717, 1.165) is 12.1 Å². The summed E-state index contributed by atoms with van der Waals surface area (Å²) >= 11 is 0. The van der Waals surface area contributed by atoms with Gasteiger partial charge in [0, 0.05) is 53.3 Å². The molecule has 0 atom stereocenters. The summed E-state index contributed by atoms with van der Waals surface area (Å²) in [6, 6.07) is 7.73. The number of benzene rings is 4. The van der Waals surface area contributed by atoms with Gasteiger partial charge >= 0.3 is 17.8 Å². The second-order valence-corrected chi connectivity index (χ2v) is 22.0. The van der Waals surface area contributed by atoms with E-state index in [4.69, 9.17) is 27.7 Å². The van der Waals surface area contributed by atoms with Gasteiger partial charge in [-0.25, -0.2) is 9.59 Å². The molecule has 388 valence electrons. The Morgan fingerprint density at radius 1 is 0.573 bits per heavy atom. The number of carbonyl (C=O) groups is 6. The Kier molecular flexibility index (Phi) is 11.8. The van der Waals surface area contributed by atoms with Gasteiger partial charge in [0.15, 0.2) is 16.9 Å². The third-order valence-corrected chi connectivity index (χ3v) is 14.9. The van der Waals surface area contributed by atoms with E-state index in [-0.39, 0.29) is 92.7 Å².